The molecule has 2 N–H and O–H groups in total. The summed E-state index contributed by atoms with van der Waals surface area (Å²) < 4.78 is 0. The maximum absolute atomic E-state index is 12.8. The molecule has 0 aliphatic rings. The Labute approximate surface area is 151 Å². The van der Waals surface area contributed by atoms with Gasteiger partial charge >= 0.3 is 0 Å². The molecule has 1 heterocycles. The van der Waals surface area contributed by atoms with E-state index < -0.39 is 6.04 Å². The van der Waals surface area contributed by atoms with Crippen LogP contribution < -0.4 is 10.9 Å². The molecule has 3 rings (SSSR count). The third kappa shape index (κ3) is 3.65. The lowest BCUT2D eigenvalue weighted by Crippen LogP contribution is -2.37. The van der Waals surface area contributed by atoms with E-state index in [0.29, 0.717) is 11.1 Å². The van der Waals surface area contributed by atoms with Gasteiger partial charge < -0.3 is 5.32 Å². The molecule has 26 heavy (non-hydrogen) atoms. The number of nitrogens with zero attached hydrogens (tertiary/aromatic N) is 2. The molecule has 0 saturated carbocycles. The first-order valence-corrected chi connectivity index (χ1v) is 8.44. The van der Waals surface area contributed by atoms with Crippen molar-refractivity contribution in [3.05, 3.63) is 75.7 Å². The third-order valence-corrected chi connectivity index (χ3v) is 4.36. The van der Waals surface area contributed by atoms with Crippen LogP contribution >= 0.6 is 0 Å². The number of benzene rings is 2. The predicted octanol–water partition coefficient (Wildman–Crippen LogP) is 2.15. The smallest absolute Gasteiger partial charge is 0.272 e. The van der Waals surface area contributed by atoms with Gasteiger partial charge in [0, 0.05) is 5.39 Å². The Bertz CT molecular complexity index is 977. The summed E-state index contributed by atoms with van der Waals surface area (Å²) in [5.41, 5.74) is 2.48. The van der Waals surface area contributed by atoms with Crippen LogP contribution in [0.2, 0.25) is 0 Å². The van der Waals surface area contributed by atoms with E-state index in [9.17, 15) is 9.59 Å². The van der Waals surface area contributed by atoms with Crippen LogP contribution in [-0.2, 0) is 11.3 Å². The molecule has 0 aliphatic carbocycles. The van der Waals surface area contributed by atoms with E-state index in [1.54, 1.807) is 12.1 Å². The van der Waals surface area contributed by atoms with Gasteiger partial charge in [0.1, 0.15) is 6.04 Å². The Morgan fingerprint density at radius 1 is 1.12 bits per heavy atom. The summed E-state index contributed by atoms with van der Waals surface area (Å²) in [6, 6.07) is 14.8. The first-order chi connectivity index (χ1) is 12.5. The van der Waals surface area contributed by atoms with Crippen LogP contribution in [0.15, 0.2) is 53.3 Å². The highest BCUT2D eigenvalue weighted by atomic mass is 16.2. The van der Waals surface area contributed by atoms with Crippen LogP contribution in [0.25, 0.3) is 10.8 Å². The molecule has 3 aromatic rings. The minimum atomic E-state index is -0.398. The standard InChI is InChI=1S/C20H22N4O2/c1-13-8-10-14(11-9-13)18(24(2)3)20(26)21-12-17-15-6-4-5-7-16(15)19(25)23-22-17/h4-11,18H,12H2,1-3H3,(H,21,26)(H,23,25)/t18-/m0/s1. The normalized spacial score (nSPS) is 12.3. The van der Waals surface area contributed by atoms with Crippen molar-refractivity contribution in [2.75, 3.05) is 14.1 Å². The summed E-state index contributed by atoms with van der Waals surface area (Å²) in [7, 11) is 3.75. The van der Waals surface area contributed by atoms with E-state index in [-0.39, 0.29) is 18.0 Å². The average Bonchev–Trinajstić information content (AvgIpc) is 2.63. The zero-order valence-corrected chi connectivity index (χ0v) is 15.1. The second kappa shape index (κ2) is 7.49. The maximum atomic E-state index is 12.8. The Balaban J connectivity index is 1.82. The van der Waals surface area contributed by atoms with Crippen molar-refractivity contribution < 1.29 is 4.79 Å². The Morgan fingerprint density at radius 2 is 1.77 bits per heavy atom. The number of H-pyrrole nitrogens is 1. The molecule has 1 atom stereocenters. The monoisotopic (exact) mass is 350 g/mol. The zero-order chi connectivity index (χ0) is 18.7. The summed E-state index contributed by atoms with van der Waals surface area (Å²) in [6.07, 6.45) is 0. The molecule has 2 aromatic carbocycles. The fraction of sp³-hybridized carbons (Fsp3) is 0.250. The lowest BCUT2D eigenvalue weighted by atomic mass is 10.0. The first-order valence-electron chi connectivity index (χ1n) is 8.44. The van der Waals surface area contributed by atoms with E-state index in [1.807, 2.05) is 62.3 Å². The summed E-state index contributed by atoms with van der Waals surface area (Å²) in [5.74, 6) is -0.115. The van der Waals surface area contributed by atoms with Crippen LogP contribution in [0.3, 0.4) is 0 Å². The van der Waals surface area contributed by atoms with Crippen LogP contribution in [0.1, 0.15) is 22.9 Å². The van der Waals surface area contributed by atoms with Gasteiger partial charge in [-0.3, -0.25) is 14.5 Å². The lowest BCUT2D eigenvalue weighted by Gasteiger charge is -2.24. The van der Waals surface area contributed by atoms with Gasteiger partial charge in [-0.15, -0.1) is 0 Å². The molecule has 0 radical (unpaired) electrons. The summed E-state index contributed by atoms with van der Waals surface area (Å²) >= 11 is 0. The molecular formula is C20H22N4O2. The number of likely N-dealkylation sites (N-methyl/N-ethyl adjacent to an activating group) is 1. The largest absolute Gasteiger partial charge is 0.349 e. The van der Waals surface area contributed by atoms with Crippen LogP contribution in [0.5, 0.6) is 0 Å². The molecule has 0 fully saturated rings. The van der Waals surface area contributed by atoms with Crippen LogP contribution in [0.4, 0.5) is 0 Å². The Kier molecular flexibility index (Phi) is 5.14. The van der Waals surface area contributed by atoms with Gasteiger partial charge in [0.25, 0.3) is 5.56 Å². The SMILES string of the molecule is Cc1ccc([C@@H](C(=O)NCc2n[nH]c(=O)c3ccccc23)N(C)C)cc1. The fourth-order valence-corrected chi connectivity index (χ4v) is 3.01. The highest BCUT2D eigenvalue weighted by molar-refractivity contribution is 5.85. The number of nitrogens with one attached hydrogen (secondary N) is 2. The van der Waals surface area contributed by atoms with Crippen molar-refractivity contribution in [1.29, 1.82) is 0 Å². The van der Waals surface area contributed by atoms with E-state index in [4.69, 9.17) is 0 Å². The highest BCUT2D eigenvalue weighted by Gasteiger charge is 2.23. The molecule has 1 amide bonds. The Morgan fingerprint density at radius 3 is 2.42 bits per heavy atom. The molecule has 0 unspecified atom stereocenters. The van der Waals surface area contributed by atoms with Crippen LogP contribution in [-0.4, -0.2) is 35.1 Å². The second-order valence-corrected chi connectivity index (χ2v) is 6.54. The maximum Gasteiger partial charge on any atom is 0.272 e. The van der Waals surface area contributed by atoms with Gasteiger partial charge in [0.2, 0.25) is 5.91 Å². The average molecular weight is 350 g/mol. The minimum absolute atomic E-state index is 0.115. The summed E-state index contributed by atoms with van der Waals surface area (Å²) in [4.78, 5) is 26.5. The van der Waals surface area contributed by atoms with Crippen molar-refractivity contribution in [2.24, 2.45) is 0 Å². The number of hydrogen-bond acceptors (Lipinski definition) is 4. The van der Waals surface area contributed by atoms with Crippen molar-refractivity contribution in [2.45, 2.75) is 19.5 Å². The topological polar surface area (TPSA) is 78.1 Å². The number of amides is 1. The first kappa shape index (κ1) is 17.8. The second-order valence-electron chi connectivity index (χ2n) is 6.54. The molecule has 6 nitrogen and oxygen atoms in total. The zero-order valence-electron chi connectivity index (χ0n) is 15.1. The van der Waals surface area contributed by atoms with E-state index >= 15 is 0 Å². The molecule has 0 saturated heterocycles. The quantitative estimate of drug-likeness (QED) is 0.739. The predicted molar refractivity (Wildman–Crippen MR) is 102 cm³/mol. The van der Waals surface area contributed by atoms with Crippen molar-refractivity contribution in [1.82, 2.24) is 20.4 Å². The number of carbonyl (C=O) groups is 1. The molecule has 0 bridgehead atoms. The number of rotatable bonds is 5. The fourth-order valence-electron chi connectivity index (χ4n) is 3.01. The van der Waals surface area contributed by atoms with Gasteiger partial charge in [0.15, 0.2) is 0 Å². The van der Waals surface area contributed by atoms with Gasteiger partial charge in [0.05, 0.1) is 17.6 Å². The minimum Gasteiger partial charge on any atom is -0.349 e. The number of aromatic nitrogens is 2. The molecular weight excluding hydrogens is 328 g/mol. The number of fused-ring (bicyclic) bond motifs is 1. The van der Waals surface area contributed by atoms with E-state index in [1.165, 1.54) is 0 Å². The van der Waals surface area contributed by atoms with Gasteiger partial charge in [-0.1, -0.05) is 48.0 Å². The molecule has 0 spiro atoms. The van der Waals surface area contributed by atoms with E-state index in [0.717, 1.165) is 16.5 Å². The van der Waals surface area contributed by atoms with E-state index in [2.05, 4.69) is 15.5 Å². The third-order valence-electron chi connectivity index (χ3n) is 4.36. The molecule has 1 aromatic heterocycles. The number of carbonyl (C=O) groups excluding carboxylic acids is 1. The molecule has 134 valence electrons. The van der Waals surface area contributed by atoms with Crippen molar-refractivity contribution >= 4 is 16.7 Å². The Hall–Kier alpha value is -2.99. The number of aromatic amines is 1. The number of aryl methyl sites for hydroxylation is 1. The summed E-state index contributed by atoms with van der Waals surface area (Å²) in [6.45, 7) is 2.26. The van der Waals surface area contributed by atoms with Crippen molar-refractivity contribution in [3.8, 4) is 0 Å². The van der Waals surface area contributed by atoms with Crippen LogP contribution in [0, 0.1) is 6.92 Å². The summed E-state index contributed by atoms with van der Waals surface area (Å²) in [5, 5.41) is 10.8. The van der Waals surface area contributed by atoms with Gasteiger partial charge in [-0.25, -0.2) is 5.10 Å². The molecule has 0 aliphatic heterocycles. The van der Waals surface area contributed by atoms with Gasteiger partial charge in [-0.2, -0.15) is 5.10 Å². The number of hydrogen-bond donors (Lipinski definition) is 2. The van der Waals surface area contributed by atoms with Crippen molar-refractivity contribution in [3.63, 3.8) is 0 Å². The van der Waals surface area contributed by atoms with Gasteiger partial charge in [-0.05, 0) is 32.6 Å². The molecule has 6 heteroatoms. The highest BCUT2D eigenvalue weighted by Crippen LogP contribution is 2.19. The lowest BCUT2D eigenvalue weighted by molar-refractivity contribution is -0.126.